The van der Waals surface area contributed by atoms with E-state index in [-0.39, 0.29) is 5.54 Å². The minimum absolute atomic E-state index is 0.0000826. The van der Waals surface area contributed by atoms with Gasteiger partial charge in [-0.3, -0.25) is 0 Å². The van der Waals surface area contributed by atoms with Crippen molar-refractivity contribution in [1.29, 1.82) is 0 Å². The molecule has 0 spiro atoms. The molecule has 3 nitrogen and oxygen atoms in total. The molecule has 3 heteroatoms. The molecule has 0 aromatic carbocycles. The van der Waals surface area contributed by atoms with Gasteiger partial charge in [0.05, 0.1) is 0 Å². The van der Waals surface area contributed by atoms with Gasteiger partial charge >= 0.3 is 0 Å². The van der Waals surface area contributed by atoms with Gasteiger partial charge in [0, 0.05) is 31.8 Å². The van der Waals surface area contributed by atoms with E-state index in [9.17, 15) is 0 Å². The van der Waals surface area contributed by atoms with E-state index in [1.165, 1.54) is 19.4 Å². The lowest BCUT2D eigenvalue weighted by Crippen LogP contribution is -2.49. The van der Waals surface area contributed by atoms with Gasteiger partial charge in [-0.1, -0.05) is 13.8 Å². The lowest BCUT2D eigenvalue weighted by molar-refractivity contribution is 0.0529. The Kier molecular flexibility index (Phi) is 5.73. The lowest BCUT2D eigenvalue weighted by atomic mass is 9.92. The molecule has 0 saturated carbocycles. The van der Waals surface area contributed by atoms with E-state index in [4.69, 9.17) is 10.5 Å². The van der Waals surface area contributed by atoms with Crippen molar-refractivity contribution >= 4 is 0 Å². The molecular weight excluding hydrogens is 200 g/mol. The predicted octanol–water partition coefficient (Wildman–Crippen LogP) is 1.86. The van der Waals surface area contributed by atoms with Crippen LogP contribution in [0, 0.1) is 5.92 Å². The van der Waals surface area contributed by atoms with E-state index in [0.29, 0.717) is 0 Å². The third-order valence-corrected chi connectivity index (χ3v) is 3.90. The molecule has 0 aromatic heterocycles. The molecule has 1 heterocycles. The van der Waals surface area contributed by atoms with Crippen molar-refractivity contribution < 1.29 is 4.74 Å². The minimum Gasteiger partial charge on any atom is -0.381 e. The average Bonchev–Trinajstić information content (AvgIpc) is 2.30. The van der Waals surface area contributed by atoms with E-state index in [0.717, 1.165) is 38.5 Å². The first-order valence-electron chi connectivity index (χ1n) is 6.65. The first-order chi connectivity index (χ1) is 7.59. The quantitative estimate of drug-likeness (QED) is 0.754. The van der Waals surface area contributed by atoms with Gasteiger partial charge in [0.2, 0.25) is 0 Å². The minimum atomic E-state index is -0.0000826. The van der Waals surface area contributed by atoms with Crippen LogP contribution < -0.4 is 5.73 Å². The van der Waals surface area contributed by atoms with Crippen LogP contribution in [-0.4, -0.2) is 43.8 Å². The summed E-state index contributed by atoms with van der Waals surface area (Å²) in [6.07, 6.45) is 4.53. The zero-order valence-corrected chi connectivity index (χ0v) is 11.2. The highest BCUT2D eigenvalue weighted by atomic mass is 16.5. The van der Waals surface area contributed by atoms with Crippen LogP contribution in [0.3, 0.4) is 0 Å². The molecule has 0 unspecified atom stereocenters. The molecule has 0 atom stereocenters. The molecule has 0 radical (unpaired) electrons. The Morgan fingerprint density at radius 1 is 1.25 bits per heavy atom. The lowest BCUT2D eigenvalue weighted by Gasteiger charge is -2.34. The summed E-state index contributed by atoms with van der Waals surface area (Å²) in [6, 6.07) is 0. The Bertz CT molecular complexity index is 186. The molecule has 1 aliphatic heterocycles. The van der Waals surface area contributed by atoms with Crippen molar-refractivity contribution in [3.63, 3.8) is 0 Å². The van der Waals surface area contributed by atoms with Crippen molar-refractivity contribution in [1.82, 2.24) is 4.90 Å². The van der Waals surface area contributed by atoms with Crippen LogP contribution in [0.2, 0.25) is 0 Å². The normalized spacial score (nSPS) is 19.3. The van der Waals surface area contributed by atoms with Crippen LogP contribution >= 0.6 is 0 Å². The van der Waals surface area contributed by atoms with Crippen molar-refractivity contribution in [2.45, 2.75) is 45.1 Å². The summed E-state index contributed by atoms with van der Waals surface area (Å²) in [5.74, 6) is 0.803. The topological polar surface area (TPSA) is 38.5 Å². The number of likely N-dealkylation sites (N-methyl/N-ethyl adjacent to an activating group) is 1. The van der Waals surface area contributed by atoms with Crippen molar-refractivity contribution in [3.8, 4) is 0 Å². The van der Waals surface area contributed by atoms with Crippen LogP contribution in [0.25, 0.3) is 0 Å². The Balaban J connectivity index is 2.30. The summed E-state index contributed by atoms with van der Waals surface area (Å²) in [6.45, 7) is 8.43. The van der Waals surface area contributed by atoms with E-state index in [1.54, 1.807) is 0 Å². The zero-order chi connectivity index (χ0) is 12.0. The van der Waals surface area contributed by atoms with Gasteiger partial charge in [0.1, 0.15) is 0 Å². The van der Waals surface area contributed by atoms with Gasteiger partial charge in [0.25, 0.3) is 0 Å². The molecule has 0 aliphatic carbocycles. The SMILES string of the molecule is CCC(N)(CC)CN(C)CC1CCOCC1. The molecule has 0 aromatic rings. The molecule has 96 valence electrons. The highest BCUT2D eigenvalue weighted by Gasteiger charge is 2.24. The summed E-state index contributed by atoms with van der Waals surface area (Å²) in [5.41, 5.74) is 6.34. The summed E-state index contributed by atoms with van der Waals surface area (Å²) in [4.78, 5) is 2.41. The third kappa shape index (κ3) is 4.40. The Morgan fingerprint density at radius 3 is 2.31 bits per heavy atom. The smallest absolute Gasteiger partial charge is 0.0469 e. The van der Waals surface area contributed by atoms with Gasteiger partial charge in [-0.05, 0) is 38.6 Å². The highest BCUT2D eigenvalue weighted by molar-refractivity contribution is 4.84. The van der Waals surface area contributed by atoms with Gasteiger partial charge < -0.3 is 15.4 Å². The first-order valence-corrected chi connectivity index (χ1v) is 6.65. The maximum Gasteiger partial charge on any atom is 0.0469 e. The highest BCUT2D eigenvalue weighted by Crippen LogP contribution is 2.18. The van der Waals surface area contributed by atoms with Gasteiger partial charge in [-0.25, -0.2) is 0 Å². The molecule has 1 fully saturated rings. The molecule has 0 amide bonds. The molecule has 0 bridgehead atoms. The average molecular weight is 228 g/mol. The van der Waals surface area contributed by atoms with Crippen molar-refractivity contribution in [2.24, 2.45) is 11.7 Å². The van der Waals surface area contributed by atoms with Crippen LogP contribution in [-0.2, 0) is 4.74 Å². The fraction of sp³-hybridized carbons (Fsp3) is 1.00. The number of hydrogen-bond donors (Lipinski definition) is 1. The van der Waals surface area contributed by atoms with E-state index < -0.39 is 0 Å². The molecule has 16 heavy (non-hydrogen) atoms. The largest absolute Gasteiger partial charge is 0.381 e. The van der Waals surface area contributed by atoms with E-state index >= 15 is 0 Å². The number of nitrogens with zero attached hydrogens (tertiary/aromatic N) is 1. The second kappa shape index (κ2) is 6.58. The van der Waals surface area contributed by atoms with E-state index in [2.05, 4.69) is 25.8 Å². The molecular formula is C13H28N2O. The second-order valence-corrected chi connectivity index (χ2v) is 5.32. The van der Waals surface area contributed by atoms with Crippen molar-refractivity contribution in [2.75, 3.05) is 33.4 Å². The van der Waals surface area contributed by atoms with E-state index in [1.807, 2.05) is 0 Å². The summed E-state index contributed by atoms with van der Waals surface area (Å²) >= 11 is 0. The summed E-state index contributed by atoms with van der Waals surface area (Å²) < 4.78 is 5.38. The van der Waals surface area contributed by atoms with Crippen LogP contribution in [0.15, 0.2) is 0 Å². The van der Waals surface area contributed by atoms with Gasteiger partial charge in [0.15, 0.2) is 0 Å². The van der Waals surface area contributed by atoms with Gasteiger partial charge in [-0.2, -0.15) is 0 Å². The monoisotopic (exact) mass is 228 g/mol. The third-order valence-electron chi connectivity index (χ3n) is 3.90. The summed E-state index contributed by atoms with van der Waals surface area (Å²) in [7, 11) is 2.20. The Morgan fingerprint density at radius 2 is 1.81 bits per heavy atom. The fourth-order valence-electron chi connectivity index (χ4n) is 2.45. The van der Waals surface area contributed by atoms with Crippen molar-refractivity contribution in [3.05, 3.63) is 0 Å². The summed E-state index contributed by atoms with van der Waals surface area (Å²) in [5, 5.41) is 0. The molecule has 2 N–H and O–H groups in total. The predicted molar refractivity (Wildman–Crippen MR) is 68.5 cm³/mol. The van der Waals surface area contributed by atoms with Gasteiger partial charge in [-0.15, -0.1) is 0 Å². The van der Waals surface area contributed by atoms with Crippen LogP contribution in [0.1, 0.15) is 39.5 Å². The Hall–Kier alpha value is -0.120. The molecule has 1 rings (SSSR count). The number of hydrogen-bond acceptors (Lipinski definition) is 3. The zero-order valence-electron chi connectivity index (χ0n) is 11.2. The maximum absolute atomic E-state index is 6.34. The van der Waals surface area contributed by atoms with Crippen LogP contribution in [0.5, 0.6) is 0 Å². The Labute approximate surface area is 100 Å². The second-order valence-electron chi connectivity index (χ2n) is 5.32. The first kappa shape index (κ1) is 13.9. The maximum atomic E-state index is 6.34. The number of nitrogens with two attached hydrogens (primary N) is 1. The standard InChI is InChI=1S/C13H28N2O/c1-4-13(14,5-2)11-15(3)10-12-6-8-16-9-7-12/h12H,4-11,14H2,1-3H3. The van der Waals surface area contributed by atoms with Crippen LogP contribution in [0.4, 0.5) is 0 Å². The number of rotatable bonds is 6. The molecule has 1 saturated heterocycles. The number of ether oxygens (including phenoxy) is 1. The molecule has 1 aliphatic rings. The fourth-order valence-corrected chi connectivity index (χ4v) is 2.45.